The van der Waals surface area contributed by atoms with E-state index < -0.39 is 17.6 Å². The van der Waals surface area contributed by atoms with Crippen LogP contribution < -0.4 is 4.90 Å². The van der Waals surface area contributed by atoms with Crippen LogP contribution in [0.2, 0.25) is 0 Å². The van der Waals surface area contributed by atoms with E-state index in [9.17, 15) is 13.6 Å². The summed E-state index contributed by atoms with van der Waals surface area (Å²) in [6.45, 7) is 1.11. The van der Waals surface area contributed by atoms with Gasteiger partial charge in [0, 0.05) is 24.7 Å². The number of carboxylic acid groups (broad SMARTS) is 1. The number of carbonyl (C=O) groups is 1. The van der Waals surface area contributed by atoms with E-state index in [2.05, 4.69) is 9.97 Å². The fourth-order valence-corrected chi connectivity index (χ4v) is 2.69. The van der Waals surface area contributed by atoms with Crippen LogP contribution in [0.4, 0.5) is 14.6 Å². The van der Waals surface area contributed by atoms with Crippen LogP contribution in [0.15, 0.2) is 30.6 Å². The third-order valence-electron chi connectivity index (χ3n) is 4.00. The molecule has 0 saturated carbocycles. The molecule has 1 aliphatic rings. The predicted octanol–water partition coefficient (Wildman–Crippen LogP) is 2.72. The standard InChI is InChI=1S/C16H15F2N3O2/c17-11-1-2-12(13(18)7-11)14-8-19-9-15(20-14)21-5-3-10(4-6-21)16(22)23/h1-2,7-10H,3-6H2,(H,22,23). The molecule has 0 spiro atoms. The molecule has 0 aliphatic carbocycles. The molecule has 2 heterocycles. The third kappa shape index (κ3) is 3.28. The van der Waals surface area contributed by atoms with Gasteiger partial charge in [0.05, 0.1) is 24.0 Å². The quantitative estimate of drug-likeness (QED) is 0.942. The molecule has 1 aliphatic heterocycles. The molecule has 0 radical (unpaired) electrons. The second-order valence-corrected chi connectivity index (χ2v) is 5.49. The van der Waals surface area contributed by atoms with E-state index >= 15 is 0 Å². The fraction of sp³-hybridized carbons (Fsp3) is 0.312. The average molecular weight is 319 g/mol. The van der Waals surface area contributed by atoms with Gasteiger partial charge in [-0.15, -0.1) is 0 Å². The van der Waals surface area contributed by atoms with Crippen molar-refractivity contribution in [2.24, 2.45) is 5.92 Å². The summed E-state index contributed by atoms with van der Waals surface area (Å²) in [4.78, 5) is 21.4. The number of hydrogen-bond donors (Lipinski definition) is 1. The number of hydrogen-bond acceptors (Lipinski definition) is 4. The van der Waals surface area contributed by atoms with E-state index in [0.29, 0.717) is 37.4 Å². The molecule has 1 N–H and O–H groups in total. The number of aromatic nitrogens is 2. The van der Waals surface area contributed by atoms with Gasteiger partial charge >= 0.3 is 5.97 Å². The topological polar surface area (TPSA) is 66.3 Å². The van der Waals surface area contributed by atoms with E-state index in [0.717, 1.165) is 6.07 Å². The van der Waals surface area contributed by atoms with Gasteiger partial charge in [-0.2, -0.15) is 0 Å². The Balaban J connectivity index is 1.82. The van der Waals surface area contributed by atoms with Gasteiger partial charge in [-0.1, -0.05) is 0 Å². The van der Waals surface area contributed by atoms with Gasteiger partial charge in [0.2, 0.25) is 0 Å². The maximum Gasteiger partial charge on any atom is 0.306 e. The molecule has 1 aromatic carbocycles. The average Bonchev–Trinajstić information content (AvgIpc) is 2.55. The van der Waals surface area contributed by atoms with Crippen molar-refractivity contribution in [1.29, 1.82) is 0 Å². The first-order chi connectivity index (χ1) is 11.0. The van der Waals surface area contributed by atoms with Crippen molar-refractivity contribution in [1.82, 2.24) is 9.97 Å². The van der Waals surface area contributed by atoms with E-state index in [1.54, 1.807) is 6.20 Å². The van der Waals surface area contributed by atoms with Gasteiger partial charge in [-0.05, 0) is 25.0 Å². The Kier molecular flexibility index (Phi) is 4.18. The highest BCUT2D eigenvalue weighted by atomic mass is 19.1. The molecular formula is C16H15F2N3O2. The van der Waals surface area contributed by atoms with Crippen LogP contribution in [-0.2, 0) is 4.79 Å². The zero-order chi connectivity index (χ0) is 16.4. The Labute approximate surface area is 131 Å². The normalized spacial score (nSPS) is 15.7. The SMILES string of the molecule is O=C(O)C1CCN(c2cncc(-c3ccc(F)cc3F)n2)CC1. The molecule has 1 saturated heterocycles. The fourth-order valence-electron chi connectivity index (χ4n) is 2.69. The van der Waals surface area contributed by atoms with Gasteiger partial charge in [0.1, 0.15) is 17.5 Å². The van der Waals surface area contributed by atoms with Crippen molar-refractivity contribution in [2.45, 2.75) is 12.8 Å². The Morgan fingerprint density at radius 3 is 2.61 bits per heavy atom. The highest BCUT2D eigenvalue weighted by molar-refractivity contribution is 5.70. The second-order valence-electron chi connectivity index (χ2n) is 5.49. The van der Waals surface area contributed by atoms with E-state index in [4.69, 9.17) is 5.11 Å². The molecule has 120 valence electrons. The number of piperidine rings is 1. The number of aliphatic carboxylic acids is 1. The first-order valence-electron chi connectivity index (χ1n) is 7.30. The second kappa shape index (κ2) is 6.28. The summed E-state index contributed by atoms with van der Waals surface area (Å²) < 4.78 is 26.9. The molecule has 7 heteroatoms. The number of carboxylic acids is 1. The number of benzene rings is 1. The van der Waals surface area contributed by atoms with Crippen molar-refractivity contribution in [3.05, 3.63) is 42.2 Å². The van der Waals surface area contributed by atoms with Crippen LogP contribution in [0.5, 0.6) is 0 Å². The van der Waals surface area contributed by atoms with Crippen molar-refractivity contribution in [2.75, 3.05) is 18.0 Å². The molecule has 1 aromatic heterocycles. The predicted molar refractivity (Wildman–Crippen MR) is 80.0 cm³/mol. The summed E-state index contributed by atoms with van der Waals surface area (Å²) in [6.07, 6.45) is 4.05. The summed E-state index contributed by atoms with van der Waals surface area (Å²) in [5.41, 5.74) is 0.501. The van der Waals surface area contributed by atoms with Gasteiger partial charge < -0.3 is 10.0 Å². The van der Waals surface area contributed by atoms with Crippen molar-refractivity contribution >= 4 is 11.8 Å². The van der Waals surface area contributed by atoms with Crippen LogP contribution in [0.1, 0.15) is 12.8 Å². The lowest BCUT2D eigenvalue weighted by atomic mass is 9.97. The minimum atomic E-state index is -0.780. The summed E-state index contributed by atoms with van der Waals surface area (Å²) >= 11 is 0. The van der Waals surface area contributed by atoms with Crippen LogP contribution in [0.25, 0.3) is 11.3 Å². The largest absolute Gasteiger partial charge is 0.481 e. The highest BCUT2D eigenvalue weighted by Gasteiger charge is 2.25. The molecule has 0 bridgehead atoms. The van der Waals surface area contributed by atoms with Crippen molar-refractivity contribution < 1.29 is 18.7 Å². The number of anilines is 1. The van der Waals surface area contributed by atoms with Gasteiger partial charge in [0.25, 0.3) is 0 Å². The number of nitrogens with zero attached hydrogens (tertiary/aromatic N) is 3. The lowest BCUT2D eigenvalue weighted by molar-refractivity contribution is -0.142. The third-order valence-corrected chi connectivity index (χ3v) is 4.00. The molecule has 2 aromatic rings. The van der Waals surface area contributed by atoms with Crippen LogP contribution >= 0.6 is 0 Å². The highest BCUT2D eigenvalue weighted by Crippen LogP contribution is 2.25. The smallest absolute Gasteiger partial charge is 0.306 e. The maximum absolute atomic E-state index is 13.9. The van der Waals surface area contributed by atoms with E-state index in [-0.39, 0.29) is 11.5 Å². The van der Waals surface area contributed by atoms with Gasteiger partial charge in [0.15, 0.2) is 0 Å². The Morgan fingerprint density at radius 2 is 1.96 bits per heavy atom. The maximum atomic E-state index is 13.9. The molecule has 0 unspecified atom stereocenters. The summed E-state index contributed by atoms with van der Waals surface area (Å²) in [7, 11) is 0. The molecule has 23 heavy (non-hydrogen) atoms. The van der Waals surface area contributed by atoms with Crippen molar-refractivity contribution in [3.63, 3.8) is 0 Å². The Morgan fingerprint density at radius 1 is 1.22 bits per heavy atom. The molecular weight excluding hydrogens is 304 g/mol. The molecule has 3 rings (SSSR count). The minimum absolute atomic E-state index is 0.182. The summed E-state index contributed by atoms with van der Waals surface area (Å²) in [5, 5.41) is 9.02. The Bertz CT molecular complexity index is 731. The first kappa shape index (κ1) is 15.3. The molecule has 0 amide bonds. The summed E-state index contributed by atoms with van der Waals surface area (Å²) in [5.74, 6) is -1.89. The number of rotatable bonds is 3. The summed E-state index contributed by atoms with van der Waals surface area (Å²) in [6, 6.07) is 3.31. The van der Waals surface area contributed by atoms with Crippen LogP contribution in [-0.4, -0.2) is 34.1 Å². The lowest BCUT2D eigenvalue weighted by Crippen LogP contribution is -2.36. The monoisotopic (exact) mass is 319 g/mol. The number of halogens is 2. The zero-order valence-corrected chi connectivity index (χ0v) is 12.2. The van der Waals surface area contributed by atoms with Gasteiger partial charge in [-0.25, -0.2) is 13.8 Å². The lowest BCUT2D eigenvalue weighted by Gasteiger charge is -2.30. The van der Waals surface area contributed by atoms with E-state index in [1.165, 1.54) is 18.3 Å². The Hall–Kier alpha value is -2.57. The molecule has 1 fully saturated rings. The van der Waals surface area contributed by atoms with Crippen LogP contribution in [0.3, 0.4) is 0 Å². The zero-order valence-electron chi connectivity index (χ0n) is 12.2. The van der Waals surface area contributed by atoms with Crippen molar-refractivity contribution in [3.8, 4) is 11.3 Å². The first-order valence-corrected chi connectivity index (χ1v) is 7.30. The van der Waals surface area contributed by atoms with E-state index in [1.807, 2.05) is 4.90 Å². The van der Waals surface area contributed by atoms with Crippen LogP contribution in [0, 0.1) is 17.6 Å². The molecule has 0 atom stereocenters. The molecule has 5 nitrogen and oxygen atoms in total. The minimum Gasteiger partial charge on any atom is -0.481 e. The van der Waals surface area contributed by atoms with Gasteiger partial charge in [-0.3, -0.25) is 9.78 Å².